The molecule has 1 aromatic carbocycles. The minimum Gasteiger partial charge on any atom is -0.493 e. The largest absolute Gasteiger partial charge is 0.493 e. The molecule has 0 unspecified atom stereocenters. The van der Waals surface area contributed by atoms with E-state index in [0.29, 0.717) is 0 Å². The number of aryl methyl sites for hydroxylation is 2. The summed E-state index contributed by atoms with van der Waals surface area (Å²) < 4.78 is 6.02. The molecule has 0 aliphatic heterocycles. The molecule has 126 valence electrons. The fraction of sp³-hybridized carbons (Fsp3) is 0.714. The fourth-order valence-electron chi connectivity index (χ4n) is 2.91. The van der Waals surface area contributed by atoms with Crippen LogP contribution in [0.5, 0.6) is 5.75 Å². The van der Waals surface area contributed by atoms with E-state index in [-0.39, 0.29) is 0 Å². The lowest BCUT2D eigenvalue weighted by Crippen LogP contribution is -2.01. The van der Waals surface area contributed by atoms with Crippen molar-refractivity contribution in [2.24, 2.45) is 0 Å². The number of rotatable bonds is 12. The van der Waals surface area contributed by atoms with Gasteiger partial charge >= 0.3 is 0 Å². The number of hydrogen-bond donors (Lipinski definition) is 0. The van der Waals surface area contributed by atoms with E-state index >= 15 is 0 Å². The van der Waals surface area contributed by atoms with Crippen LogP contribution >= 0.6 is 0 Å². The van der Waals surface area contributed by atoms with Crippen molar-refractivity contribution in [2.45, 2.75) is 91.9 Å². The zero-order valence-corrected chi connectivity index (χ0v) is 15.3. The van der Waals surface area contributed by atoms with Crippen LogP contribution in [0.3, 0.4) is 0 Å². The van der Waals surface area contributed by atoms with Crippen molar-refractivity contribution in [2.75, 3.05) is 6.61 Å². The topological polar surface area (TPSA) is 9.23 Å². The zero-order chi connectivity index (χ0) is 16.2. The first-order valence-corrected chi connectivity index (χ1v) is 9.36. The molecular weight excluding hydrogens is 268 g/mol. The number of unbranched alkanes of at least 4 members (excludes halogenated alkanes) is 9. The van der Waals surface area contributed by atoms with Crippen molar-refractivity contribution in [1.82, 2.24) is 0 Å². The van der Waals surface area contributed by atoms with Gasteiger partial charge in [0.2, 0.25) is 0 Å². The highest BCUT2D eigenvalue weighted by Crippen LogP contribution is 2.25. The van der Waals surface area contributed by atoms with E-state index in [1.165, 1.54) is 80.9 Å². The maximum absolute atomic E-state index is 6.02. The third-order valence-electron chi connectivity index (χ3n) is 4.62. The third kappa shape index (κ3) is 7.33. The molecule has 0 fully saturated rings. The molecule has 0 bridgehead atoms. The van der Waals surface area contributed by atoms with Gasteiger partial charge in [-0.25, -0.2) is 0 Å². The van der Waals surface area contributed by atoms with Crippen LogP contribution in [0.4, 0.5) is 0 Å². The van der Waals surface area contributed by atoms with Crippen molar-refractivity contribution in [1.29, 1.82) is 0 Å². The van der Waals surface area contributed by atoms with E-state index in [1.807, 2.05) is 0 Å². The maximum atomic E-state index is 6.02. The van der Waals surface area contributed by atoms with Crippen molar-refractivity contribution in [3.63, 3.8) is 0 Å². The van der Waals surface area contributed by atoms with Crippen LogP contribution in [0.1, 0.15) is 87.8 Å². The van der Waals surface area contributed by atoms with Gasteiger partial charge in [0.1, 0.15) is 5.75 Å². The average molecular weight is 305 g/mol. The van der Waals surface area contributed by atoms with Crippen LogP contribution in [0.2, 0.25) is 0 Å². The standard InChI is InChI=1S/C21H36O/c1-5-6-7-8-9-10-11-12-13-14-17-22-21-19(3)16-15-18(2)20(21)4/h15-16H,5-14,17H2,1-4H3. The highest BCUT2D eigenvalue weighted by Gasteiger charge is 2.05. The third-order valence-corrected chi connectivity index (χ3v) is 4.62. The lowest BCUT2D eigenvalue weighted by atomic mass is 10.1. The molecule has 0 aliphatic rings. The Labute approximate surface area is 138 Å². The van der Waals surface area contributed by atoms with Gasteiger partial charge < -0.3 is 4.74 Å². The second-order valence-electron chi connectivity index (χ2n) is 6.68. The summed E-state index contributed by atoms with van der Waals surface area (Å²) in [7, 11) is 0. The van der Waals surface area contributed by atoms with Crippen molar-refractivity contribution in [3.05, 3.63) is 28.8 Å². The molecule has 0 spiro atoms. The minimum absolute atomic E-state index is 0.863. The normalized spacial score (nSPS) is 10.9. The Morgan fingerprint density at radius 1 is 0.682 bits per heavy atom. The van der Waals surface area contributed by atoms with Crippen molar-refractivity contribution >= 4 is 0 Å². The first kappa shape index (κ1) is 19.1. The van der Waals surface area contributed by atoms with Gasteiger partial charge in [0, 0.05) is 0 Å². The summed E-state index contributed by atoms with van der Waals surface area (Å²) >= 11 is 0. The maximum Gasteiger partial charge on any atom is 0.125 e. The van der Waals surface area contributed by atoms with Gasteiger partial charge in [0.15, 0.2) is 0 Å². The van der Waals surface area contributed by atoms with E-state index in [2.05, 4.69) is 39.8 Å². The SMILES string of the molecule is CCCCCCCCCCCCOc1c(C)ccc(C)c1C. The van der Waals surface area contributed by atoms with Crippen LogP contribution in [0.15, 0.2) is 12.1 Å². The molecule has 0 radical (unpaired) electrons. The van der Waals surface area contributed by atoms with Gasteiger partial charge in [-0.2, -0.15) is 0 Å². The van der Waals surface area contributed by atoms with Crippen LogP contribution in [-0.2, 0) is 0 Å². The van der Waals surface area contributed by atoms with Crippen LogP contribution in [0, 0.1) is 20.8 Å². The lowest BCUT2D eigenvalue weighted by Gasteiger charge is -2.13. The molecule has 0 saturated carbocycles. The number of ether oxygens (including phenoxy) is 1. The molecule has 0 amide bonds. The van der Waals surface area contributed by atoms with Crippen LogP contribution in [0.25, 0.3) is 0 Å². The highest BCUT2D eigenvalue weighted by molar-refractivity contribution is 5.44. The van der Waals surface area contributed by atoms with Crippen LogP contribution in [-0.4, -0.2) is 6.61 Å². The lowest BCUT2D eigenvalue weighted by molar-refractivity contribution is 0.300. The number of benzene rings is 1. The first-order valence-electron chi connectivity index (χ1n) is 9.36. The molecule has 1 nitrogen and oxygen atoms in total. The molecule has 22 heavy (non-hydrogen) atoms. The van der Waals surface area contributed by atoms with Gasteiger partial charge in [0.25, 0.3) is 0 Å². The van der Waals surface area contributed by atoms with E-state index in [4.69, 9.17) is 4.74 Å². The summed E-state index contributed by atoms with van der Waals surface area (Å²) in [6.45, 7) is 9.60. The van der Waals surface area contributed by atoms with Gasteiger partial charge in [-0.15, -0.1) is 0 Å². The highest BCUT2D eigenvalue weighted by atomic mass is 16.5. The Morgan fingerprint density at radius 2 is 1.18 bits per heavy atom. The Kier molecular flexibility index (Phi) is 10.0. The van der Waals surface area contributed by atoms with Gasteiger partial charge in [-0.3, -0.25) is 0 Å². The quantitative estimate of drug-likeness (QED) is 0.381. The van der Waals surface area contributed by atoms with Crippen LogP contribution < -0.4 is 4.74 Å². The van der Waals surface area contributed by atoms with E-state index in [0.717, 1.165) is 12.4 Å². The summed E-state index contributed by atoms with van der Waals surface area (Å²) in [5.74, 6) is 1.11. The molecule has 0 aromatic heterocycles. The Morgan fingerprint density at radius 3 is 1.77 bits per heavy atom. The molecule has 1 aromatic rings. The molecule has 1 rings (SSSR count). The predicted octanol–water partition coefficient (Wildman–Crippen LogP) is 6.91. The Balaban J connectivity index is 2.03. The molecule has 0 aliphatic carbocycles. The number of hydrogen-bond acceptors (Lipinski definition) is 1. The van der Waals surface area contributed by atoms with E-state index in [1.54, 1.807) is 0 Å². The first-order chi connectivity index (χ1) is 10.7. The monoisotopic (exact) mass is 304 g/mol. The van der Waals surface area contributed by atoms with Crippen molar-refractivity contribution < 1.29 is 4.74 Å². The molecule has 0 saturated heterocycles. The predicted molar refractivity (Wildman–Crippen MR) is 98.0 cm³/mol. The average Bonchev–Trinajstić information content (AvgIpc) is 2.51. The zero-order valence-electron chi connectivity index (χ0n) is 15.3. The van der Waals surface area contributed by atoms with E-state index < -0.39 is 0 Å². The van der Waals surface area contributed by atoms with E-state index in [9.17, 15) is 0 Å². The van der Waals surface area contributed by atoms with Crippen molar-refractivity contribution in [3.8, 4) is 5.75 Å². The molecule has 0 heterocycles. The Hall–Kier alpha value is -0.980. The van der Waals surface area contributed by atoms with Gasteiger partial charge in [-0.1, -0.05) is 76.8 Å². The summed E-state index contributed by atoms with van der Waals surface area (Å²) in [6.07, 6.45) is 13.7. The second-order valence-corrected chi connectivity index (χ2v) is 6.68. The molecule has 0 N–H and O–H groups in total. The summed E-state index contributed by atoms with van der Waals surface area (Å²) in [6, 6.07) is 4.34. The van der Waals surface area contributed by atoms with Gasteiger partial charge in [0.05, 0.1) is 6.61 Å². The second kappa shape index (κ2) is 11.6. The summed E-state index contributed by atoms with van der Waals surface area (Å²) in [4.78, 5) is 0. The fourth-order valence-corrected chi connectivity index (χ4v) is 2.91. The Bertz CT molecular complexity index is 409. The summed E-state index contributed by atoms with van der Waals surface area (Å²) in [5, 5.41) is 0. The smallest absolute Gasteiger partial charge is 0.125 e. The summed E-state index contributed by atoms with van der Waals surface area (Å²) in [5.41, 5.74) is 3.88. The molecular formula is C21H36O. The molecule has 1 heteroatoms. The minimum atomic E-state index is 0.863. The molecule has 0 atom stereocenters. The van der Waals surface area contributed by atoms with Gasteiger partial charge in [-0.05, 0) is 43.9 Å².